The quantitative estimate of drug-likeness (QED) is 0.777. The maximum Gasteiger partial charge on any atom is 0.322 e. The molecule has 0 radical (unpaired) electrons. The van der Waals surface area contributed by atoms with Gasteiger partial charge in [0.2, 0.25) is 0 Å². The Hall–Kier alpha value is -1.66. The first kappa shape index (κ1) is 20.1. The molecule has 2 N–H and O–H groups in total. The summed E-state index contributed by atoms with van der Waals surface area (Å²) in [4.78, 5) is 16.7. The topological polar surface area (TPSA) is 47.6 Å². The molecule has 2 heterocycles. The van der Waals surface area contributed by atoms with Gasteiger partial charge in [-0.15, -0.1) is 12.4 Å². The number of carbonyl (C=O) groups is 1. The first-order valence-corrected chi connectivity index (χ1v) is 9.46. The number of benzene rings is 2. The molecule has 0 spiro atoms. The fourth-order valence-electron chi connectivity index (χ4n) is 3.57. The van der Waals surface area contributed by atoms with Crippen molar-refractivity contribution in [2.24, 2.45) is 0 Å². The summed E-state index contributed by atoms with van der Waals surface area (Å²) in [6.07, 6.45) is 0. The van der Waals surface area contributed by atoms with Gasteiger partial charge < -0.3 is 15.5 Å². The maximum absolute atomic E-state index is 12.6. The number of piperazine rings is 1. The van der Waals surface area contributed by atoms with Crippen molar-refractivity contribution in [2.75, 3.05) is 36.0 Å². The van der Waals surface area contributed by atoms with Gasteiger partial charge in [-0.25, -0.2) is 4.79 Å². The third-order valence-corrected chi connectivity index (χ3v) is 5.75. The fraction of sp³-hybridized carbons (Fsp3) is 0.316. The summed E-state index contributed by atoms with van der Waals surface area (Å²) < 4.78 is 0. The minimum absolute atomic E-state index is 0. The molecular formula is C19H21Cl3N4O. The van der Waals surface area contributed by atoms with Gasteiger partial charge in [0.15, 0.2) is 0 Å². The number of hydrogen-bond donors (Lipinski definition) is 2. The van der Waals surface area contributed by atoms with E-state index in [1.807, 2.05) is 24.3 Å². The molecule has 2 aromatic rings. The molecule has 2 aromatic carbocycles. The van der Waals surface area contributed by atoms with Crippen LogP contribution < -0.4 is 20.4 Å². The lowest BCUT2D eigenvalue weighted by Crippen LogP contribution is -2.46. The number of nitrogens with one attached hydrogen (secondary N) is 2. The zero-order chi connectivity index (χ0) is 18.1. The van der Waals surface area contributed by atoms with Crippen molar-refractivity contribution in [3.05, 3.63) is 57.6 Å². The minimum atomic E-state index is -0.119. The average Bonchev–Trinajstić information content (AvgIpc) is 2.67. The van der Waals surface area contributed by atoms with Gasteiger partial charge in [-0.2, -0.15) is 0 Å². The molecule has 0 atom stereocenters. The van der Waals surface area contributed by atoms with Gasteiger partial charge in [0, 0.05) is 44.0 Å². The molecule has 2 amide bonds. The van der Waals surface area contributed by atoms with Crippen molar-refractivity contribution in [3.8, 4) is 0 Å². The molecular weight excluding hydrogens is 407 g/mol. The Balaban J connectivity index is 0.00000210. The van der Waals surface area contributed by atoms with E-state index in [4.69, 9.17) is 23.2 Å². The van der Waals surface area contributed by atoms with E-state index in [0.717, 1.165) is 43.0 Å². The fourth-order valence-corrected chi connectivity index (χ4v) is 3.95. The largest absolute Gasteiger partial charge is 0.369 e. The summed E-state index contributed by atoms with van der Waals surface area (Å²) >= 11 is 12.5. The number of nitrogens with zero attached hydrogens (tertiary/aromatic N) is 2. The number of rotatable bonds is 3. The van der Waals surface area contributed by atoms with Crippen molar-refractivity contribution in [3.63, 3.8) is 0 Å². The van der Waals surface area contributed by atoms with E-state index in [1.54, 1.807) is 11.0 Å². The van der Waals surface area contributed by atoms with Crippen LogP contribution in [0.4, 0.5) is 16.2 Å². The lowest BCUT2D eigenvalue weighted by molar-refractivity contribution is 0.244. The molecule has 0 aromatic heterocycles. The highest BCUT2D eigenvalue weighted by Crippen LogP contribution is 2.35. The van der Waals surface area contributed by atoms with Crippen LogP contribution in [-0.4, -0.2) is 32.2 Å². The molecule has 0 aliphatic carbocycles. The molecule has 2 aliphatic heterocycles. The number of anilines is 2. The second kappa shape index (κ2) is 8.57. The van der Waals surface area contributed by atoms with Crippen molar-refractivity contribution in [1.29, 1.82) is 0 Å². The number of urea groups is 1. The van der Waals surface area contributed by atoms with Gasteiger partial charge in [-0.1, -0.05) is 41.4 Å². The molecule has 144 valence electrons. The van der Waals surface area contributed by atoms with Crippen LogP contribution in [0.2, 0.25) is 10.0 Å². The SMILES string of the molecule is Cl.O=C1NCc2c(N3CCNCC3)cccc2N1Cc1cccc(Cl)c1Cl. The van der Waals surface area contributed by atoms with Gasteiger partial charge in [-0.3, -0.25) is 4.90 Å². The first-order valence-electron chi connectivity index (χ1n) is 8.71. The van der Waals surface area contributed by atoms with Gasteiger partial charge in [0.1, 0.15) is 0 Å². The Morgan fingerprint density at radius 3 is 2.48 bits per heavy atom. The molecule has 8 heteroatoms. The summed E-state index contributed by atoms with van der Waals surface area (Å²) in [6.45, 7) is 4.78. The molecule has 0 unspecified atom stereocenters. The van der Waals surface area contributed by atoms with E-state index in [9.17, 15) is 4.79 Å². The maximum atomic E-state index is 12.6. The predicted molar refractivity (Wildman–Crippen MR) is 114 cm³/mol. The number of halogens is 3. The predicted octanol–water partition coefficient (Wildman–Crippen LogP) is 4.05. The van der Waals surface area contributed by atoms with E-state index < -0.39 is 0 Å². The standard InChI is InChI=1S/C19H20Cl2N4O.ClH/c20-15-4-1-3-13(18(15)21)12-25-17-6-2-5-16(14(17)11-23-19(25)26)24-9-7-22-8-10-24;/h1-6,22H,7-12H2,(H,23,26);1H. The molecule has 1 saturated heterocycles. The van der Waals surface area contributed by atoms with Crippen LogP contribution in [0.25, 0.3) is 0 Å². The van der Waals surface area contributed by atoms with Crippen molar-refractivity contribution in [2.45, 2.75) is 13.1 Å². The lowest BCUT2D eigenvalue weighted by atomic mass is 10.0. The van der Waals surface area contributed by atoms with Crippen LogP contribution in [0.5, 0.6) is 0 Å². The first-order chi connectivity index (χ1) is 12.6. The molecule has 5 nitrogen and oxygen atoms in total. The third-order valence-electron chi connectivity index (χ3n) is 4.90. The number of amides is 2. The van der Waals surface area contributed by atoms with Crippen molar-refractivity contribution < 1.29 is 4.79 Å². The summed E-state index contributed by atoms with van der Waals surface area (Å²) in [5.74, 6) is 0. The Morgan fingerprint density at radius 2 is 1.70 bits per heavy atom. The molecule has 4 rings (SSSR count). The summed E-state index contributed by atoms with van der Waals surface area (Å²) in [7, 11) is 0. The van der Waals surface area contributed by atoms with Gasteiger partial charge in [0.05, 0.1) is 22.3 Å². The van der Waals surface area contributed by atoms with Crippen molar-refractivity contribution >= 4 is 53.0 Å². The van der Waals surface area contributed by atoms with Crippen LogP contribution >= 0.6 is 35.6 Å². The van der Waals surface area contributed by atoms with Crippen LogP contribution in [0.3, 0.4) is 0 Å². The van der Waals surface area contributed by atoms with E-state index in [0.29, 0.717) is 23.1 Å². The van der Waals surface area contributed by atoms with Crippen LogP contribution in [0.1, 0.15) is 11.1 Å². The Morgan fingerprint density at radius 1 is 1.00 bits per heavy atom. The molecule has 0 bridgehead atoms. The van der Waals surface area contributed by atoms with E-state index in [1.165, 1.54) is 5.69 Å². The Kier molecular flexibility index (Phi) is 6.37. The Bertz CT molecular complexity index is 840. The summed E-state index contributed by atoms with van der Waals surface area (Å²) in [6, 6.07) is 11.5. The van der Waals surface area contributed by atoms with Crippen LogP contribution in [0.15, 0.2) is 36.4 Å². The molecule has 2 aliphatic rings. The minimum Gasteiger partial charge on any atom is -0.369 e. The van der Waals surface area contributed by atoms with Crippen LogP contribution in [0, 0.1) is 0 Å². The zero-order valence-corrected chi connectivity index (χ0v) is 17.0. The zero-order valence-electron chi connectivity index (χ0n) is 14.7. The van der Waals surface area contributed by atoms with E-state index in [2.05, 4.69) is 21.6 Å². The second-order valence-corrected chi connectivity index (χ2v) is 7.25. The molecule has 1 fully saturated rings. The number of fused-ring (bicyclic) bond motifs is 1. The van der Waals surface area contributed by atoms with Crippen molar-refractivity contribution in [1.82, 2.24) is 10.6 Å². The smallest absolute Gasteiger partial charge is 0.322 e. The van der Waals surface area contributed by atoms with Gasteiger partial charge in [0.25, 0.3) is 0 Å². The normalized spacial score (nSPS) is 16.4. The summed E-state index contributed by atoms with van der Waals surface area (Å²) in [5.41, 5.74) is 4.09. The Labute approximate surface area is 175 Å². The van der Waals surface area contributed by atoms with E-state index >= 15 is 0 Å². The highest BCUT2D eigenvalue weighted by molar-refractivity contribution is 6.42. The monoisotopic (exact) mass is 426 g/mol. The number of carbonyl (C=O) groups excluding carboxylic acids is 1. The highest BCUT2D eigenvalue weighted by atomic mass is 35.5. The average molecular weight is 428 g/mol. The summed E-state index contributed by atoms with van der Waals surface area (Å²) in [5, 5.41) is 7.36. The third kappa shape index (κ3) is 3.97. The van der Waals surface area contributed by atoms with Crippen LogP contribution in [-0.2, 0) is 13.1 Å². The second-order valence-electron chi connectivity index (χ2n) is 6.47. The molecule has 27 heavy (non-hydrogen) atoms. The van der Waals surface area contributed by atoms with E-state index in [-0.39, 0.29) is 18.4 Å². The highest BCUT2D eigenvalue weighted by Gasteiger charge is 2.28. The van der Waals surface area contributed by atoms with Gasteiger partial charge >= 0.3 is 6.03 Å². The number of hydrogen-bond acceptors (Lipinski definition) is 3. The lowest BCUT2D eigenvalue weighted by Gasteiger charge is -2.36. The van der Waals surface area contributed by atoms with Gasteiger partial charge in [-0.05, 0) is 23.8 Å². The molecule has 0 saturated carbocycles.